The molecule has 1 fully saturated rings. The summed E-state index contributed by atoms with van der Waals surface area (Å²) < 4.78 is 66.5. The van der Waals surface area contributed by atoms with Crippen LogP contribution in [0.1, 0.15) is 26.7 Å². The van der Waals surface area contributed by atoms with Gasteiger partial charge in [0.05, 0.1) is 0 Å². The van der Waals surface area contributed by atoms with Crippen LogP contribution in [0, 0.1) is 22.9 Å². The van der Waals surface area contributed by atoms with E-state index in [0.29, 0.717) is 12.1 Å². The van der Waals surface area contributed by atoms with Crippen LogP contribution in [0.5, 0.6) is 0 Å². The van der Waals surface area contributed by atoms with Gasteiger partial charge in [-0.15, -0.1) is 0 Å². The normalized spacial score (nSPS) is 21.8. The number of halogens is 3. The summed E-state index contributed by atoms with van der Waals surface area (Å²) in [5.41, 5.74) is -0.138. The van der Waals surface area contributed by atoms with Crippen LogP contribution < -0.4 is 10.0 Å². The van der Waals surface area contributed by atoms with Crippen LogP contribution in [0.15, 0.2) is 17.0 Å². The minimum atomic E-state index is -4.39. The first-order valence-corrected chi connectivity index (χ1v) is 8.49. The summed E-state index contributed by atoms with van der Waals surface area (Å²) in [6.45, 7) is 4.76. The fraction of sp³-hybridized carbons (Fsp3) is 0.571. The van der Waals surface area contributed by atoms with Gasteiger partial charge in [-0.05, 0) is 24.8 Å². The molecule has 124 valence electrons. The van der Waals surface area contributed by atoms with Crippen molar-refractivity contribution in [2.24, 2.45) is 5.41 Å². The Labute approximate surface area is 128 Å². The Balaban J connectivity index is 2.19. The van der Waals surface area contributed by atoms with Crippen molar-refractivity contribution < 1.29 is 21.6 Å². The van der Waals surface area contributed by atoms with Crippen molar-refractivity contribution in [3.8, 4) is 0 Å². The van der Waals surface area contributed by atoms with Gasteiger partial charge in [0.1, 0.15) is 17.5 Å². The smallest absolute Gasteiger partial charge is 0.246 e. The predicted molar refractivity (Wildman–Crippen MR) is 76.3 cm³/mol. The highest BCUT2D eigenvalue weighted by Crippen LogP contribution is 2.30. The third kappa shape index (κ3) is 3.61. The molecule has 1 aliphatic rings. The standard InChI is InChI=1S/C14H19F3N2O2S/c1-14(2)4-3-5-18-12(14)8-19-22(20,21)13-10(16)6-9(15)7-11(13)17/h6-7,12,18-19H,3-5,8H2,1-2H3. The van der Waals surface area contributed by atoms with Gasteiger partial charge in [0.25, 0.3) is 0 Å². The van der Waals surface area contributed by atoms with E-state index in [4.69, 9.17) is 0 Å². The Morgan fingerprint density at radius 1 is 1.27 bits per heavy atom. The molecule has 2 N–H and O–H groups in total. The van der Waals surface area contributed by atoms with E-state index in [1.807, 2.05) is 13.8 Å². The minimum absolute atomic E-state index is 0.00555. The molecule has 0 aromatic heterocycles. The molecular formula is C14H19F3N2O2S. The maximum Gasteiger partial charge on any atom is 0.246 e. The Kier molecular flexibility index (Phi) is 4.84. The molecular weight excluding hydrogens is 317 g/mol. The van der Waals surface area contributed by atoms with Gasteiger partial charge in [0, 0.05) is 24.7 Å². The number of sulfonamides is 1. The Morgan fingerprint density at radius 3 is 2.41 bits per heavy atom. The number of hydrogen-bond donors (Lipinski definition) is 2. The SMILES string of the molecule is CC1(C)CCCNC1CNS(=O)(=O)c1c(F)cc(F)cc1F. The Hall–Kier alpha value is -1.12. The molecule has 0 spiro atoms. The average Bonchev–Trinajstić information content (AvgIpc) is 2.35. The second-order valence-corrected chi connectivity index (χ2v) is 7.85. The molecule has 0 aliphatic carbocycles. The quantitative estimate of drug-likeness (QED) is 0.886. The first-order valence-electron chi connectivity index (χ1n) is 7.01. The summed E-state index contributed by atoms with van der Waals surface area (Å²) in [5.74, 6) is -4.05. The monoisotopic (exact) mass is 336 g/mol. The Morgan fingerprint density at radius 2 is 1.86 bits per heavy atom. The highest BCUT2D eigenvalue weighted by Gasteiger charge is 2.33. The molecule has 1 aromatic carbocycles. The maximum absolute atomic E-state index is 13.6. The molecule has 22 heavy (non-hydrogen) atoms. The zero-order valence-electron chi connectivity index (χ0n) is 12.4. The first-order chi connectivity index (χ1) is 10.1. The molecule has 0 saturated carbocycles. The number of hydrogen-bond acceptors (Lipinski definition) is 3. The molecule has 1 heterocycles. The van der Waals surface area contributed by atoms with E-state index in [9.17, 15) is 21.6 Å². The summed E-state index contributed by atoms with van der Waals surface area (Å²) >= 11 is 0. The highest BCUT2D eigenvalue weighted by molar-refractivity contribution is 7.89. The van der Waals surface area contributed by atoms with Crippen LogP contribution >= 0.6 is 0 Å². The number of piperidine rings is 1. The molecule has 1 saturated heterocycles. The van der Waals surface area contributed by atoms with E-state index in [1.165, 1.54) is 0 Å². The van der Waals surface area contributed by atoms with Gasteiger partial charge in [-0.2, -0.15) is 0 Å². The molecule has 1 aliphatic heterocycles. The van der Waals surface area contributed by atoms with Crippen LogP contribution in [0.4, 0.5) is 13.2 Å². The van der Waals surface area contributed by atoms with Crippen molar-refractivity contribution in [2.45, 2.75) is 37.6 Å². The van der Waals surface area contributed by atoms with Crippen LogP contribution in [-0.4, -0.2) is 27.5 Å². The van der Waals surface area contributed by atoms with Crippen LogP contribution in [-0.2, 0) is 10.0 Å². The van der Waals surface area contributed by atoms with Crippen LogP contribution in [0.25, 0.3) is 0 Å². The van der Waals surface area contributed by atoms with E-state index >= 15 is 0 Å². The summed E-state index contributed by atoms with van der Waals surface area (Å²) in [6.07, 6.45) is 1.91. The van der Waals surface area contributed by atoms with Gasteiger partial charge in [-0.3, -0.25) is 0 Å². The van der Waals surface area contributed by atoms with Gasteiger partial charge in [-0.1, -0.05) is 13.8 Å². The van der Waals surface area contributed by atoms with Gasteiger partial charge in [0.15, 0.2) is 4.90 Å². The summed E-state index contributed by atoms with van der Waals surface area (Å²) in [5, 5.41) is 3.20. The van der Waals surface area contributed by atoms with Crippen LogP contribution in [0.3, 0.4) is 0 Å². The highest BCUT2D eigenvalue weighted by atomic mass is 32.2. The third-order valence-electron chi connectivity index (χ3n) is 4.04. The number of nitrogens with one attached hydrogen (secondary N) is 2. The first kappa shape index (κ1) is 17.2. The Bertz CT molecular complexity index is 639. The average molecular weight is 336 g/mol. The molecule has 8 heteroatoms. The molecule has 1 aromatic rings. The zero-order valence-corrected chi connectivity index (χ0v) is 13.2. The molecule has 0 amide bonds. The third-order valence-corrected chi connectivity index (χ3v) is 5.52. The summed E-state index contributed by atoms with van der Waals surface area (Å²) in [4.78, 5) is -1.15. The van der Waals surface area contributed by atoms with E-state index in [1.54, 1.807) is 0 Å². The predicted octanol–water partition coefficient (Wildman–Crippen LogP) is 2.16. The van der Waals surface area contributed by atoms with Gasteiger partial charge >= 0.3 is 0 Å². The van der Waals surface area contributed by atoms with Crippen molar-refractivity contribution >= 4 is 10.0 Å². The lowest BCUT2D eigenvalue weighted by Crippen LogP contribution is -2.52. The lowest BCUT2D eigenvalue weighted by atomic mass is 9.78. The van der Waals surface area contributed by atoms with Crippen LogP contribution in [0.2, 0.25) is 0 Å². The van der Waals surface area contributed by atoms with Gasteiger partial charge in [0.2, 0.25) is 10.0 Å². The maximum atomic E-state index is 13.6. The lowest BCUT2D eigenvalue weighted by molar-refractivity contribution is 0.181. The molecule has 2 rings (SSSR count). The van der Waals surface area contributed by atoms with E-state index in [2.05, 4.69) is 10.0 Å². The van der Waals surface area contributed by atoms with Crippen molar-refractivity contribution in [1.29, 1.82) is 0 Å². The fourth-order valence-corrected chi connectivity index (χ4v) is 3.83. The van der Waals surface area contributed by atoms with Crippen molar-refractivity contribution in [3.63, 3.8) is 0 Å². The van der Waals surface area contributed by atoms with E-state index < -0.39 is 32.4 Å². The molecule has 0 bridgehead atoms. The fourth-order valence-electron chi connectivity index (χ4n) is 2.67. The topological polar surface area (TPSA) is 58.2 Å². The minimum Gasteiger partial charge on any atom is -0.312 e. The summed E-state index contributed by atoms with van der Waals surface area (Å²) in [6, 6.07) is 0.545. The number of benzene rings is 1. The van der Waals surface area contributed by atoms with Gasteiger partial charge < -0.3 is 5.32 Å². The molecule has 0 radical (unpaired) electrons. The summed E-state index contributed by atoms with van der Waals surface area (Å²) in [7, 11) is -4.39. The molecule has 1 unspecified atom stereocenters. The van der Waals surface area contributed by atoms with E-state index in [0.717, 1.165) is 19.4 Å². The second-order valence-electron chi connectivity index (χ2n) is 6.15. The van der Waals surface area contributed by atoms with Crippen molar-refractivity contribution in [3.05, 3.63) is 29.6 Å². The number of rotatable bonds is 4. The van der Waals surface area contributed by atoms with Crippen molar-refractivity contribution in [1.82, 2.24) is 10.0 Å². The van der Waals surface area contributed by atoms with Gasteiger partial charge in [-0.25, -0.2) is 26.3 Å². The van der Waals surface area contributed by atoms with Crippen molar-refractivity contribution in [2.75, 3.05) is 13.1 Å². The van der Waals surface area contributed by atoms with E-state index in [-0.39, 0.29) is 18.0 Å². The lowest BCUT2D eigenvalue weighted by Gasteiger charge is -2.39. The molecule has 1 atom stereocenters. The second kappa shape index (κ2) is 6.17. The largest absolute Gasteiger partial charge is 0.312 e. The zero-order chi connectivity index (χ0) is 16.5. The molecule has 4 nitrogen and oxygen atoms in total.